The highest BCUT2D eigenvalue weighted by Crippen LogP contribution is 2.20. The van der Waals surface area contributed by atoms with Crippen molar-refractivity contribution < 1.29 is 27.5 Å². The maximum atomic E-state index is 11.6. The maximum absolute atomic E-state index is 11.6. The Labute approximate surface area is 79.2 Å². The molecule has 6 heteroatoms. The number of rotatable bonds is 4. The van der Waals surface area contributed by atoms with E-state index in [0.717, 1.165) is 0 Å². The highest BCUT2D eigenvalue weighted by atomic mass is 19.4. The average molecular weight is 212 g/mol. The minimum Gasteiger partial charge on any atom is -0.463 e. The molecule has 0 N–H and O–H groups in total. The number of hydrogen-bond acceptors (Lipinski definition) is 3. The molecule has 82 valence electrons. The Hall–Kier alpha value is -1.07. The van der Waals surface area contributed by atoms with Crippen molar-refractivity contribution in [3.63, 3.8) is 0 Å². The quantitative estimate of drug-likeness (QED) is 0.527. The molecular formula is C8H11F3O3. The van der Waals surface area contributed by atoms with Gasteiger partial charge in [-0.15, -0.1) is 0 Å². The summed E-state index contributed by atoms with van der Waals surface area (Å²) in [6, 6.07) is 0. The third-order valence-corrected chi connectivity index (χ3v) is 1.11. The molecule has 0 bridgehead atoms. The third kappa shape index (κ3) is 7.57. The number of carbonyl (C=O) groups is 2. The molecule has 14 heavy (non-hydrogen) atoms. The fourth-order valence-corrected chi connectivity index (χ4v) is 0.752. The minimum absolute atomic E-state index is 0.429. The lowest BCUT2D eigenvalue weighted by Crippen LogP contribution is -2.20. The Morgan fingerprint density at radius 1 is 1.29 bits per heavy atom. The standard InChI is InChI=1S/C8H11F3O3/c1-5(2)14-7(13)3-6(12)4-8(9,10)11/h5H,3-4H2,1-2H3. The molecule has 0 spiro atoms. The highest BCUT2D eigenvalue weighted by molar-refractivity contribution is 5.95. The van der Waals surface area contributed by atoms with Gasteiger partial charge in [0.1, 0.15) is 12.8 Å². The highest BCUT2D eigenvalue weighted by Gasteiger charge is 2.31. The van der Waals surface area contributed by atoms with Gasteiger partial charge in [-0.3, -0.25) is 9.59 Å². The number of halogens is 3. The van der Waals surface area contributed by atoms with Crippen LogP contribution in [0.1, 0.15) is 26.7 Å². The number of alkyl halides is 3. The smallest absolute Gasteiger partial charge is 0.395 e. The lowest BCUT2D eigenvalue weighted by Gasteiger charge is -2.08. The van der Waals surface area contributed by atoms with Gasteiger partial charge in [0.05, 0.1) is 6.10 Å². The second-order valence-corrected chi connectivity index (χ2v) is 3.05. The van der Waals surface area contributed by atoms with Crippen molar-refractivity contribution in [2.75, 3.05) is 0 Å². The van der Waals surface area contributed by atoms with E-state index in [2.05, 4.69) is 4.74 Å². The molecule has 0 unspecified atom stereocenters. The molecule has 0 aliphatic rings. The molecule has 0 rings (SSSR count). The van der Waals surface area contributed by atoms with E-state index >= 15 is 0 Å². The molecule has 0 aromatic heterocycles. The van der Waals surface area contributed by atoms with Gasteiger partial charge in [-0.2, -0.15) is 13.2 Å². The van der Waals surface area contributed by atoms with E-state index < -0.39 is 36.9 Å². The molecule has 3 nitrogen and oxygen atoms in total. The largest absolute Gasteiger partial charge is 0.463 e. The van der Waals surface area contributed by atoms with Gasteiger partial charge in [-0.1, -0.05) is 0 Å². The Morgan fingerprint density at radius 2 is 1.79 bits per heavy atom. The summed E-state index contributed by atoms with van der Waals surface area (Å²) in [6.07, 6.45) is -7.39. The summed E-state index contributed by atoms with van der Waals surface area (Å²) < 4.78 is 39.4. The summed E-state index contributed by atoms with van der Waals surface area (Å²) in [5, 5.41) is 0. The van der Waals surface area contributed by atoms with Gasteiger partial charge < -0.3 is 4.74 Å². The number of hydrogen-bond donors (Lipinski definition) is 0. The predicted octanol–water partition coefficient (Wildman–Crippen LogP) is 1.85. The first-order valence-corrected chi connectivity index (χ1v) is 3.98. The number of ketones is 1. The van der Waals surface area contributed by atoms with Gasteiger partial charge in [-0.25, -0.2) is 0 Å². The molecule has 0 amide bonds. The van der Waals surface area contributed by atoms with E-state index in [4.69, 9.17) is 0 Å². The zero-order valence-electron chi connectivity index (χ0n) is 7.85. The van der Waals surface area contributed by atoms with Crippen LogP contribution in [0.5, 0.6) is 0 Å². The van der Waals surface area contributed by atoms with E-state index in [9.17, 15) is 22.8 Å². The monoisotopic (exact) mass is 212 g/mol. The van der Waals surface area contributed by atoms with E-state index in [1.165, 1.54) is 0 Å². The van der Waals surface area contributed by atoms with Crippen molar-refractivity contribution in [1.82, 2.24) is 0 Å². The Bertz CT molecular complexity index is 220. The second kappa shape index (κ2) is 4.97. The molecule has 0 heterocycles. The number of Topliss-reactive ketones (excluding diaryl/α,β-unsaturated/α-hetero) is 1. The molecule has 0 aromatic carbocycles. The molecule has 0 aliphatic heterocycles. The molecule has 0 aliphatic carbocycles. The Morgan fingerprint density at radius 3 is 2.14 bits per heavy atom. The van der Waals surface area contributed by atoms with Gasteiger partial charge in [0.25, 0.3) is 0 Å². The number of esters is 1. The summed E-state index contributed by atoms with van der Waals surface area (Å²) in [5.74, 6) is -2.10. The Balaban J connectivity index is 3.90. The summed E-state index contributed by atoms with van der Waals surface area (Å²) in [7, 11) is 0. The van der Waals surface area contributed by atoms with Gasteiger partial charge in [-0.05, 0) is 13.8 Å². The lowest BCUT2D eigenvalue weighted by molar-refractivity contribution is -0.158. The van der Waals surface area contributed by atoms with Crippen LogP contribution in [0.3, 0.4) is 0 Å². The van der Waals surface area contributed by atoms with Crippen LogP contribution >= 0.6 is 0 Å². The SMILES string of the molecule is CC(C)OC(=O)CC(=O)CC(F)(F)F. The predicted molar refractivity (Wildman–Crippen MR) is 41.5 cm³/mol. The van der Waals surface area contributed by atoms with Crippen molar-refractivity contribution in [1.29, 1.82) is 0 Å². The first-order valence-electron chi connectivity index (χ1n) is 3.98. The van der Waals surface area contributed by atoms with E-state index in [-0.39, 0.29) is 0 Å². The molecule has 0 fully saturated rings. The molecule has 0 atom stereocenters. The van der Waals surface area contributed by atoms with Crippen LogP contribution in [0.4, 0.5) is 13.2 Å². The van der Waals surface area contributed by atoms with Crippen molar-refractivity contribution in [3.8, 4) is 0 Å². The number of carbonyl (C=O) groups excluding carboxylic acids is 2. The van der Waals surface area contributed by atoms with Crippen molar-refractivity contribution in [3.05, 3.63) is 0 Å². The molecule has 0 radical (unpaired) electrons. The normalized spacial score (nSPS) is 11.6. The van der Waals surface area contributed by atoms with Crippen LogP contribution in [0.25, 0.3) is 0 Å². The van der Waals surface area contributed by atoms with Gasteiger partial charge in [0, 0.05) is 0 Å². The van der Waals surface area contributed by atoms with Gasteiger partial charge in [0.15, 0.2) is 5.78 Å². The third-order valence-electron chi connectivity index (χ3n) is 1.11. The molecular weight excluding hydrogens is 201 g/mol. The number of ether oxygens (including phenoxy) is 1. The zero-order valence-corrected chi connectivity index (χ0v) is 7.85. The maximum Gasteiger partial charge on any atom is 0.395 e. The van der Waals surface area contributed by atoms with Crippen LogP contribution in [-0.2, 0) is 14.3 Å². The first kappa shape index (κ1) is 12.9. The summed E-state index contributed by atoms with van der Waals surface area (Å²) >= 11 is 0. The van der Waals surface area contributed by atoms with Crippen LogP contribution in [0.15, 0.2) is 0 Å². The topological polar surface area (TPSA) is 43.4 Å². The van der Waals surface area contributed by atoms with Crippen LogP contribution in [0.2, 0.25) is 0 Å². The van der Waals surface area contributed by atoms with Crippen LogP contribution in [-0.4, -0.2) is 24.0 Å². The average Bonchev–Trinajstić information content (AvgIpc) is 1.77. The van der Waals surface area contributed by atoms with Crippen molar-refractivity contribution in [2.45, 2.75) is 39.0 Å². The summed E-state index contributed by atoms with van der Waals surface area (Å²) in [5.41, 5.74) is 0. The van der Waals surface area contributed by atoms with E-state index in [1.807, 2.05) is 0 Å². The van der Waals surface area contributed by atoms with Crippen LogP contribution in [0, 0.1) is 0 Å². The van der Waals surface area contributed by atoms with Gasteiger partial charge in [0.2, 0.25) is 0 Å². The van der Waals surface area contributed by atoms with Gasteiger partial charge >= 0.3 is 12.1 Å². The first-order chi connectivity index (χ1) is 6.20. The fourth-order valence-electron chi connectivity index (χ4n) is 0.752. The summed E-state index contributed by atoms with van der Waals surface area (Å²) in [6.45, 7) is 3.10. The molecule has 0 saturated heterocycles. The van der Waals surface area contributed by atoms with Crippen LogP contribution < -0.4 is 0 Å². The van der Waals surface area contributed by atoms with E-state index in [0.29, 0.717) is 0 Å². The minimum atomic E-state index is -4.56. The summed E-state index contributed by atoms with van der Waals surface area (Å²) in [4.78, 5) is 21.4. The zero-order chi connectivity index (χ0) is 11.4. The fraction of sp³-hybridized carbons (Fsp3) is 0.750. The lowest BCUT2D eigenvalue weighted by atomic mass is 10.2. The van der Waals surface area contributed by atoms with Crippen molar-refractivity contribution >= 4 is 11.8 Å². The second-order valence-electron chi connectivity index (χ2n) is 3.05. The van der Waals surface area contributed by atoms with Crippen molar-refractivity contribution in [2.24, 2.45) is 0 Å². The molecule has 0 aromatic rings. The molecule has 0 saturated carbocycles. The van der Waals surface area contributed by atoms with E-state index in [1.54, 1.807) is 13.8 Å². The Kier molecular flexibility index (Phi) is 4.59.